The fraction of sp³-hybridized carbons (Fsp3) is 0.250. The highest BCUT2D eigenvalue weighted by atomic mass is 31.2. The molecule has 0 amide bonds. The third-order valence-corrected chi connectivity index (χ3v) is 8.55. The highest BCUT2D eigenvalue weighted by molar-refractivity contribution is 7.48. The molecule has 2 atom stereocenters. The van der Waals surface area contributed by atoms with E-state index in [4.69, 9.17) is 27.8 Å². The number of aliphatic hydroxyl groups is 1. The first kappa shape index (κ1) is 34.9. The number of phosphoric ester groups is 1. The van der Waals surface area contributed by atoms with Gasteiger partial charge in [-0.25, -0.2) is 18.1 Å². The largest absolute Gasteiger partial charge is 0.485 e. The number of carbonyl (C=O) groups is 1. The highest BCUT2D eigenvalue weighted by Crippen LogP contribution is 2.53. The van der Waals surface area contributed by atoms with Gasteiger partial charge in [0, 0.05) is 0 Å². The first-order valence-corrected chi connectivity index (χ1v) is 16.6. The highest BCUT2D eigenvalue weighted by Gasteiger charge is 2.46. The van der Waals surface area contributed by atoms with Crippen LogP contribution >= 0.6 is 7.82 Å². The van der Waals surface area contributed by atoms with Crippen molar-refractivity contribution < 1.29 is 51.0 Å². The number of carbonyl (C=O) groups excluding carboxylic acids is 1. The van der Waals surface area contributed by atoms with E-state index in [1.54, 1.807) is 74.5 Å². The molecule has 1 heterocycles. The molecule has 0 fully saturated rings. The van der Waals surface area contributed by atoms with Gasteiger partial charge < -0.3 is 19.3 Å². The SMILES string of the molecule is Cc1cc(F)cc(COC2=C(OCc3cc(C)cc(F)c3)[C@@H]([C@H](CO)OP(=O)(OCc3ccccc3)OCc3ccccc3)OC2=O)c1. The van der Waals surface area contributed by atoms with E-state index in [2.05, 4.69) is 0 Å². The molecule has 0 aliphatic carbocycles. The van der Waals surface area contributed by atoms with Crippen LogP contribution in [0.5, 0.6) is 0 Å². The smallest absolute Gasteiger partial charge is 0.475 e. The van der Waals surface area contributed by atoms with E-state index in [-0.39, 0.29) is 37.9 Å². The Morgan fingerprint density at radius 3 is 1.71 bits per heavy atom. The van der Waals surface area contributed by atoms with E-state index in [9.17, 15) is 23.2 Å². The lowest BCUT2D eigenvalue weighted by Gasteiger charge is -2.27. The summed E-state index contributed by atoms with van der Waals surface area (Å²) in [7, 11) is -4.47. The molecule has 0 saturated carbocycles. The third kappa shape index (κ3) is 9.59. The van der Waals surface area contributed by atoms with Gasteiger partial charge in [0.25, 0.3) is 0 Å². The molecule has 0 bridgehead atoms. The number of phosphoric acid groups is 1. The van der Waals surface area contributed by atoms with Crippen LogP contribution in [-0.4, -0.2) is 29.9 Å². The van der Waals surface area contributed by atoms with Crippen molar-refractivity contribution in [3.05, 3.63) is 154 Å². The molecule has 4 aromatic rings. The molecule has 9 nitrogen and oxygen atoms in total. The molecule has 252 valence electrons. The molecule has 0 unspecified atom stereocenters. The fourth-order valence-electron chi connectivity index (χ4n) is 4.99. The van der Waals surface area contributed by atoms with Crippen molar-refractivity contribution in [3.63, 3.8) is 0 Å². The molecule has 12 heteroatoms. The van der Waals surface area contributed by atoms with Crippen LogP contribution < -0.4 is 0 Å². The van der Waals surface area contributed by atoms with Crippen LogP contribution in [-0.2, 0) is 63.6 Å². The van der Waals surface area contributed by atoms with Crippen molar-refractivity contribution in [1.29, 1.82) is 0 Å². The summed E-state index contributed by atoms with van der Waals surface area (Å²) in [6, 6.07) is 26.4. The first-order chi connectivity index (χ1) is 23.1. The van der Waals surface area contributed by atoms with E-state index in [0.29, 0.717) is 33.4 Å². The Morgan fingerprint density at radius 1 is 0.729 bits per heavy atom. The first-order valence-electron chi connectivity index (χ1n) is 15.1. The summed E-state index contributed by atoms with van der Waals surface area (Å²) in [5, 5.41) is 10.5. The van der Waals surface area contributed by atoms with Gasteiger partial charge in [-0.1, -0.05) is 72.8 Å². The topological polar surface area (TPSA) is 110 Å². The van der Waals surface area contributed by atoms with Crippen molar-refractivity contribution in [2.24, 2.45) is 0 Å². The number of hydrogen-bond donors (Lipinski definition) is 1. The number of ether oxygens (including phenoxy) is 3. The molecule has 0 saturated heterocycles. The molecular formula is C36H35F2O9P. The quantitative estimate of drug-likeness (QED) is 0.0958. The molecule has 4 aromatic carbocycles. The second-order valence-corrected chi connectivity index (χ2v) is 12.8. The van der Waals surface area contributed by atoms with Crippen LogP contribution in [0.4, 0.5) is 8.78 Å². The normalized spacial score (nSPS) is 15.4. The van der Waals surface area contributed by atoms with Crippen LogP contribution in [0.15, 0.2) is 109 Å². The zero-order chi connectivity index (χ0) is 34.1. The number of aryl methyl sites for hydroxylation is 2. The average Bonchev–Trinajstić information content (AvgIpc) is 3.38. The minimum atomic E-state index is -4.47. The van der Waals surface area contributed by atoms with Gasteiger partial charge in [-0.15, -0.1) is 0 Å². The minimum Gasteiger partial charge on any atom is -0.485 e. The molecule has 1 aliphatic heterocycles. The zero-order valence-electron chi connectivity index (χ0n) is 26.3. The van der Waals surface area contributed by atoms with E-state index in [1.807, 2.05) is 12.1 Å². The van der Waals surface area contributed by atoms with E-state index >= 15 is 0 Å². The third-order valence-electron chi connectivity index (χ3n) is 7.13. The molecule has 0 spiro atoms. The monoisotopic (exact) mass is 680 g/mol. The lowest BCUT2D eigenvalue weighted by atomic mass is 10.1. The Labute approximate surface area is 277 Å². The second-order valence-electron chi connectivity index (χ2n) is 11.2. The Hall–Kier alpha value is -4.38. The number of rotatable bonds is 16. The van der Waals surface area contributed by atoms with Gasteiger partial charge in [0.05, 0.1) is 19.8 Å². The maximum atomic E-state index is 14.2. The van der Waals surface area contributed by atoms with Crippen molar-refractivity contribution in [1.82, 2.24) is 0 Å². The number of benzene rings is 4. The van der Waals surface area contributed by atoms with Gasteiger partial charge >= 0.3 is 13.8 Å². The summed E-state index contributed by atoms with van der Waals surface area (Å²) in [6.07, 6.45) is -3.00. The summed E-state index contributed by atoms with van der Waals surface area (Å²) >= 11 is 0. The predicted octanol–water partition coefficient (Wildman–Crippen LogP) is 7.37. The molecule has 1 aliphatic rings. The van der Waals surface area contributed by atoms with Gasteiger partial charge in [0.2, 0.25) is 5.76 Å². The predicted molar refractivity (Wildman–Crippen MR) is 171 cm³/mol. The van der Waals surface area contributed by atoms with Crippen LogP contribution in [0.2, 0.25) is 0 Å². The molecule has 0 radical (unpaired) electrons. The van der Waals surface area contributed by atoms with Crippen molar-refractivity contribution in [2.45, 2.75) is 52.5 Å². The summed E-state index contributed by atoms with van der Waals surface area (Å²) in [6.45, 7) is 1.84. The fourth-order valence-corrected chi connectivity index (χ4v) is 6.31. The van der Waals surface area contributed by atoms with Gasteiger partial charge in [-0.05, 0) is 71.5 Å². The number of hydrogen-bond acceptors (Lipinski definition) is 9. The maximum Gasteiger partial charge on any atom is 0.475 e. The van der Waals surface area contributed by atoms with Crippen LogP contribution in [0.3, 0.4) is 0 Å². The molecule has 1 N–H and O–H groups in total. The second kappa shape index (κ2) is 16.1. The van der Waals surface area contributed by atoms with E-state index in [1.165, 1.54) is 24.3 Å². The number of esters is 1. The summed E-state index contributed by atoms with van der Waals surface area (Å²) in [5.74, 6) is -2.51. The number of cyclic esters (lactones) is 1. The lowest BCUT2D eigenvalue weighted by molar-refractivity contribution is -0.148. The molecule has 48 heavy (non-hydrogen) atoms. The van der Waals surface area contributed by atoms with Crippen LogP contribution in [0.1, 0.15) is 33.4 Å². The van der Waals surface area contributed by atoms with Gasteiger partial charge in [-0.2, -0.15) is 0 Å². The van der Waals surface area contributed by atoms with E-state index < -0.39 is 44.2 Å². The standard InChI is InChI=1S/C36H35F2O9P/c1-24-13-28(17-30(37)15-24)20-42-34-33(46-36(40)35(34)43-21-29-14-25(2)16-31(38)18-29)32(19-39)47-48(41,44-22-26-9-5-3-6-10-26)45-23-27-11-7-4-8-12-27/h3-18,32-33,39H,19-23H2,1-2H3/t32-,33+/m0/s1. The summed E-state index contributed by atoms with van der Waals surface area (Å²) < 4.78 is 76.9. The van der Waals surface area contributed by atoms with Crippen LogP contribution in [0.25, 0.3) is 0 Å². The van der Waals surface area contributed by atoms with Crippen molar-refractivity contribution in [3.8, 4) is 0 Å². The van der Waals surface area contributed by atoms with E-state index in [0.717, 1.165) is 0 Å². The molecule has 0 aromatic heterocycles. The number of halogens is 2. The van der Waals surface area contributed by atoms with Gasteiger partial charge in [-0.3, -0.25) is 13.6 Å². The lowest BCUT2D eigenvalue weighted by Crippen LogP contribution is -2.35. The van der Waals surface area contributed by atoms with Gasteiger partial charge in [0.1, 0.15) is 31.0 Å². The summed E-state index contributed by atoms with van der Waals surface area (Å²) in [4.78, 5) is 13.2. The summed E-state index contributed by atoms with van der Waals surface area (Å²) in [5.41, 5.74) is 3.50. The Morgan fingerprint density at radius 2 is 1.23 bits per heavy atom. The van der Waals surface area contributed by atoms with Crippen molar-refractivity contribution in [2.75, 3.05) is 6.61 Å². The zero-order valence-corrected chi connectivity index (χ0v) is 27.2. The molecular weight excluding hydrogens is 645 g/mol. The number of aliphatic hydroxyl groups excluding tert-OH is 1. The van der Waals surface area contributed by atoms with Gasteiger partial charge in [0.15, 0.2) is 11.9 Å². The maximum absolute atomic E-state index is 14.2. The minimum absolute atomic E-state index is 0.158. The van der Waals surface area contributed by atoms with Crippen molar-refractivity contribution >= 4 is 13.8 Å². The Balaban J connectivity index is 1.43. The Bertz CT molecular complexity index is 1700. The van der Waals surface area contributed by atoms with Crippen LogP contribution in [0, 0.1) is 25.5 Å². The Kier molecular flexibility index (Phi) is 11.8. The average molecular weight is 681 g/mol. The molecule has 5 rings (SSSR count).